The molecule has 0 amide bonds. The van der Waals surface area contributed by atoms with Gasteiger partial charge >= 0.3 is 0 Å². The van der Waals surface area contributed by atoms with E-state index in [2.05, 4.69) is 9.36 Å². The van der Waals surface area contributed by atoms with Gasteiger partial charge in [-0.15, -0.1) is 0 Å². The molecule has 3 nitrogen and oxygen atoms in total. The van der Waals surface area contributed by atoms with Gasteiger partial charge in [-0.25, -0.2) is 4.98 Å². The van der Waals surface area contributed by atoms with Crippen molar-refractivity contribution in [3.8, 4) is 0 Å². The molecule has 5 heteroatoms. The van der Waals surface area contributed by atoms with Gasteiger partial charge in [-0.3, -0.25) is 0 Å². The van der Waals surface area contributed by atoms with Crippen molar-refractivity contribution < 1.29 is 5.11 Å². The number of hydrogen-bond donors (Lipinski definition) is 1. The summed E-state index contributed by atoms with van der Waals surface area (Å²) < 4.78 is 5.10. The van der Waals surface area contributed by atoms with Gasteiger partial charge in [-0.05, 0) is 30.8 Å². The minimum absolute atomic E-state index is 0.183. The van der Waals surface area contributed by atoms with Crippen molar-refractivity contribution in [3.05, 3.63) is 5.82 Å². The Labute approximate surface area is 105 Å². The van der Waals surface area contributed by atoms with E-state index in [1.165, 1.54) is 37.2 Å². The fourth-order valence-electron chi connectivity index (χ4n) is 2.20. The fraction of sp³-hybridized carbons (Fsp3) is 0.818. The lowest BCUT2D eigenvalue weighted by molar-refractivity contribution is 0.166. The van der Waals surface area contributed by atoms with E-state index in [1.54, 1.807) is 11.8 Å². The number of rotatable bonds is 5. The van der Waals surface area contributed by atoms with E-state index in [0.29, 0.717) is 0 Å². The van der Waals surface area contributed by atoms with E-state index < -0.39 is 0 Å². The van der Waals surface area contributed by atoms with Crippen LogP contribution in [0.4, 0.5) is 0 Å². The second-order valence-electron chi connectivity index (χ2n) is 4.46. The maximum atomic E-state index is 9.91. The number of thioether (sulfide) groups is 1. The summed E-state index contributed by atoms with van der Waals surface area (Å²) in [6.07, 6.45) is 6.09. The first kappa shape index (κ1) is 12.3. The molecule has 90 valence electrons. The minimum atomic E-state index is -0.183. The highest BCUT2D eigenvalue weighted by Gasteiger charge is 2.19. The van der Waals surface area contributed by atoms with Gasteiger partial charge in [0.25, 0.3) is 0 Å². The van der Waals surface area contributed by atoms with Crippen molar-refractivity contribution in [1.29, 1.82) is 0 Å². The molecule has 1 N–H and O–H groups in total. The van der Waals surface area contributed by atoms with Gasteiger partial charge < -0.3 is 5.11 Å². The third-order valence-corrected chi connectivity index (χ3v) is 5.06. The maximum absolute atomic E-state index is 9.91. The summed E-state index contributed by atoms with van der Waals surface area (Å²) in [6, 6.07) is 0. The van der Waals surface area contributed by atoms with Crippen LogP contribution in [0.1, 0.15) is 37.9 Å². The number of hydrogen-bond acceptors (Lipinski definition) is 5. The normalized spacial score (nSPS) is 19.1. The standard InChI is InChI=1S/C11H18N2OS2/c1-8-12-11(16-13-8)15-7-10(14)6-9-4-2-3-5-9/h9-10,14H,2-7H2,1H3. The predicted octanol–water partition coefficient (Wildman–Crippen LogP) is 2.88. The van der Waals surface area contributed by atoms with E-state index in [0.717, 1.165) is 28.3 Å². The van der Waals surface area contributed by atoms with E-state index in [-0.39, 0.29) is 6.10 Å². The van der Waals surface area contributed by atoms with Gasteiger partial charge in [0.1, 0.15) is 5.82 Å². The molecule has 1 aromatic rings. The van der Waals surface area contributed by atoms with Crippen molar-refractivity contribution in [2.24, 2.45) is 5.92 Å². The third kappa shape index (κ3) is 3.71. The summed E-state index contributed by atoms with van der Waals surface area (Å²) >= 11 is 3.05. The van der Waals surface area contributed by atoms with Crippen LogP contribution in [0.3, 0.4) is 0 Å². The van der Waals surface area contributed by atoms with E-state index in [1.807, 2.05) is 6.92 Å². The average Bonchev–Trinajstić information content (AvgIpc) is 2.87. The van der Waals surface area contributed by atoms with Crippen LogP contribution >= 0.6 is 23.3 Å². The van der Waals surface area contributed by atoms with Crippen molar-refractivity contribution >= 4 is 23.3 Å². The highest BCUT2D eigenvalue weighted by molar-refractivity contribution is 8.00. The molecular weight excluding hydrogens is 240 g/mol. The van der Waals surface area contributed by atoms with Gasteiger partial charge in [0, 0.05) is 5.75 Å². The first-order valence-corrected chi connectivity index (χ1v) is 7.61. The number of aromatic nitrogens is 2. The third-order valence-electron chi connectivity index (χ3n) is 2.99. The van der Waals surface area contributed by atoms with Crippen LogP contribution in [0.25, 0.3) is 0 Å². The number of aliphatic hydroxyl groups is 1. The SMILES string of the molecule is Cc1nsc(SCC(O)CC2CCCC2)n1. The Morgan fingerprint density at radius 2 is 2.25 bits per heavy atom. The highest BCUT2D eigenvalue weighted by atomic mass is 32.2. The fourth-order valence-corrected chi connectivity index (χ4v) is 3.82. The Hall–Kier alpha value is -0.130. The first-order valence-electron chi connectivity index (χ1n) is 5.85. The molecule has 1 heterocycles. The molecular formula is C11H18N2OS2. The lowest BCUT2D eigenvalue weighted by atomic mass is 10.0. The summed E-state index contributed by atoms with van der Waals surface area (Å²) in [5.41, 5.74) is 0. The van der Waals surface area contributed by atoms with Crippen molar-refractivity contribution in [3.63, 3.8) is 0 Å². The molecule has 1 aliphatic rings. The number of nitrogens with zero attached hydrogens (tertiary/aromatic N) is 2. The molecule has 1 unspecified atom stereocenters. The summed E-state index contributed by atoms with van der Waals surface area (Å²) in [4.78, 5) is 4.27. The molecule has 0 bridgehead atoms. The Kier molecular flexibility index (Phi) is 4.61. The van der Waals surface area contributed by atoms with Crippen LogP contribution in [0.15, 0.2) is 4.34 Å². The smallest absolute Gasteiger partial charge is 0.170 e. The molecule has 16 heavy (non-hydrogen) atoms. The monoisotopic (exact) mass is 258 g/mol. The largest absolute Gasteiger partial charge is 0.392 e. The molecule has 1 atom stereocenters. The average molecular weight is 258 g/mol. The summed E-state index contributed by atoms with van der Waals surface area (Å²) in [6.45, 7) is 1.90. The Balaban J connectivity index is 1.68. The van der Waals surface area contributed by atoms with Crippen molar-refractivity contribution in [1.82, 2.24) is 9.36 Å². The zero-order chi connectivity index (χ0) is 11.4. The molecule has 2 rings (SSSR count). The molecule has 0 aliphatic heterocycles. The quantitative estimate of drug-likeness (QED) is 0.825. The molecule has 0 radical (unpaired) electrons. The van der Waals surface area contributed by atoms with Crippen LogP contribution < -0.4 is 0 Å². The molecule has 0 aromatic carbocycles. The zero-order valence-electron chi connectivity index (χ0n) is 9.56. The maximum Gasteiger partial charge on any atom is 0.170 e. The highest BCUT2D eigenvalue weighted by Crippen LogP contribution is 2.30. The Morgan fingerprint density at radius 1 is 1.50 bits per heavy atom. The second-order valence-corrected chi connectivity index (χ2v) is 6.48. The van der Waals surface area contributed by atoms with Gasteiger partial charge in [0.2, 0.25) is 0 Å². The Bertz CT molecular complexity index is 324. The molecule has 1 saturated carbocycles. The van der Waals surface area contributed by atoms with Crippen LogP contribution in [-0.2, 0) is 0 Å². The van der Waals surface area contributed by atoms with Gasteiger partial charge in [0.15, 0.2) is 4.34 Å². The molecule has 1 aromatic heterocycles. The van der Waals surface area contributed by atoms with Crippen molar-refractivity contribution in [2.45, 2.75) is 49.5 Å². The van der Waals surface area contributed by atoms with E-state index in [9.17, 15) is 5.11 Å². The predicted molar refractivity (Wildman–Crippen MR) is 68.0 cm³/mol. The van der Waals surface area contributed by atoms with Gasteiger partial charge in [-0.1, -0.05) is 37.4 Å². The first-order chi connectivity index (χ1) is 7.74. The number of aliphatic hydroxyl groups excluding tert-OH is 1. The van der Waals surface area contributed by atoms with Crippen LogP contribution in [0.2, 0.25) is 0 Å². The molecule has 0 spiro atoms. The van der Waals surface area contributed by atoms with Gasteiger partial charge in [0.05, 0.1) is 6.10 Å². The number of aryl methyl sites for hydroxylation is 1. The van der Waals surface area contributed by atoms with Crippen LogP contribution in [0.5, 0.6) is 0 Å². The Morgan fingerprint density at radius 3 is 2.88 bits per heavy atom. The van der Waals surface area contributed by atoms with Crippen LogP contribution in [0, 0.1) is 12.8 Å². The molecule has 1 fully saturated rings. The van der Waals surface area contributed by atoms with E-state index in [4.69, 9.17) is 0 Å². The topological polar surface area (TPSA) is 46.0 Å². The van der Waals surface area contributed by atoms with Crippen molar-refractivity contribution in [2.75, 3.05) is 5.75 Å². The van der Waals surface area contributed by atoms with Crippen LogP contribution in [-0.4, -0.2) is 26.3 Å². The lowest BCUT2D eigenvalue weighted by Crippen LogP contribution is -2.14. The molecule has 1 aliphatic carbocycles. The van der Waals surface area contributed by atoms with Gasteiger partial charge in [-0.2, -0.15) is 4.37 Å². The molecule has 0 saturated heterocycles. The van der Waals surface area contributed by atoms with E-state index >= 15 is 0 Å². The minimum Gasteiger partial charge on any atom is -0.392 e. The summed E-state index contributed by atoms with van der Waals surface area (Å²) in [5, 5.41) is 9.91. The lowest BCUT2D eigenvalue weighted by Gasteiger charge is -2.13. The zero-order valence-corrected chi connectivity index (χ0v) is 11.2. The second kappa shape index (κ2) is 5.98. The summed E-state index contributed by atoms with van der Waals surface area (Å²) in [5.74, 6) is 2.34. The summed E-state index contributed by atoms with van der Waals surface area (Å²) in [7, 11) is 0.